The van der Waals surface area contributed by atoms with E-state index < -0.39 is 0 Å². The zero-order valence-electron chi connectivity index (χ0n) is 18.3. The van der Waals surface area contributed by atoms with Crippen LogP contribution in [0.1, 0.15) is 25.0 Å². The van der Waals surface area contributed by atoms with Crippen LogP contribution in [-0.2, 0) is 24.6 Å². The average molecular weight is 574 g/mol. The van der Waals surface area contributed by atoms with Crippen LogP contribution in [0, 0.1) is 0 Å². The van der Waals surface area contributed by atoms with Crippen LogP contribution in [0.2, 0.25) is 20.1 Å². The molecule has 0 aliphatic carbocycles. The summed E-state index contributed by atoms with van der Waals surface area (Å²) in [5, 5.41) is 21.5. The summed E-state index contributed by atoms with van der Waals surface area (Å²) < 4.78 is 4.09. The highest BCUT2D eigenvalue weighted by atomic mass is 35.5. The maximum Gasteiger partial charge on any atom is 0.202 e. The Morgan fingerprint density at radius 1 is 0.618 bits per heavy atom. The van der Waals surface area contributed by atoms with E-state index in [4.69, 9.17) is 46.4 Å². The second kappa shape index (κ2) is 11.5. The van der Waals surface area contributed by atoms with E-state index in [1.807, 2.05) is 33.4 Å². The Hall–Kier alpha value is -1.42. The number of rotatable bonds is 9. The molecule has 0 aliphatic heterocycles. The number of aromatic nitrogens is 6. The van der Waals surface area contributed by atoms with Gasteiger partial charge in [0.05, 0.1) is 20.1 Å². The summed E-state index contributed by atoms with van der Waals surface area (Å²) in [4.78, 5) is 0. The van der Waals surface area contributed by atoms with E-state index >= 15 is 0 Å². The molecule has 2 heterocycles. The van der Waals surface area contributed by atoms with Crippen molar-refractivity contribution in [3.63, 3.8) is 0 Å². The number of halogens is 4. The summed E-state index contributed by atoms with van der Waals surface area (Å²) in [6.45, 7) is 5.52. The van der Waals surface area contributed by atoms with Gasteiger partial charge in [-0.25, -0.2) is 0 Å². The van der Waals surface area contributed by atoms with Gasteiger partial charge in [0.15, 0.2) is 10.3 Å². The molecule has 6 nitrogen and oxygen atoms in total. The summed E-state index contributed by atoms with van der Waals surface area (Å²) in [6.07, 6.45) is 0. The third-order valence-corrected chi connectivity index (χ3v) is 8.52. The van der Waals surface area contributed by atoms with Crippen LogP contribution in [0.5, 0.6) is 0 Å². The number of hydrogen-bond acceptors (Lipinski definition) is 6. The fourth-order valence-corrected chi connectivity index (χ4v) is 5.78. The summed E-state index contributed by atoms with van der Waals surface area (Å²) in [5.41, 5.74) is 2.12. The summed E-state index contributed by atoms with van der Waals surface area (Å²) in [5.74, 6) is 2.77. The predicted octanol–water partition coefficient (Wildman–Crippen LogP) is 7.77. The van der Waals surface area contributed by atoms with Gasteiger partial charge < -0.3 is 0 Å². The van der Waals surface area contributed by atoms with E-state index in [2.05, 4.69) is 34.2 Å². The molecular weight excluding hydrogens is 554 g/mol. The molecular formula is C22H20Cl4N6S2. The van der Waals surface area contributed by atoms with Gasteiger partial charge in [0.25, 0.3) is 0 Å². The van der Waals surface area contributed by atoms with Crippen LogP contribution >= 0.6 is 69.9 Å². The lowest BCUT2D eigenvalue weighted by atomic mass is 10.2. The normalized spacial score (nSPS) is 11.4. The first-order chi connectivity index (χ1) is 16.4. The van der Waals surface area contributed by atoms with Crippen molar-refractivity contribution in [2.24, 2.45) is 0 Å². The van der Waals surface area contributed by atoms with E-state index in [0.717, 1.165) is 21.4 Å². The van der Waals surface area contributed by atoms with E-state index in [0.29, 0.717) is 56.3 Å². The van der Waals surface area contributed by atoms with Crippen molar-refractivity contribution in [2.75, 3.05) is 0 Å². The monoisotopic (exact) mass is 572 g/mol. The Kier molecular flexibility index (Phi) is 8.71. The van der Waals surface area contributed by atoms with E-state index in [1.54, 1.807) is 35.7 Å². The Morgan fingerprint density at radius 3 is 1.38 bits per heavy atom. The highest BCUT2D eigenvalue weighted by Gasteiger charge is 2.21. The first kappa shape index (κ1) is 25.7. The quantitative estimate of drug-likeness (QED) is 0.190. The summed E-state index contributed by atoms with van der Waals surface area (Å²) in [7, 11) is 0. The molecule has 0 atom stereocenters. The lowest BCUT2D eigenvalue weighted by Gasteiger charge is -2.09. The molecule has 34 heavy (non-hydrogen) atoms. The van der Waals surface area contributed by atoms with Crippen molar-refractivity contribution in [1.29, 1.82) is 0 Å². The molecule has 2 aromatic carbocycles. The second-order valence-electron chi connectivity index (χ2n) is 7.18. The molecule has 0 aliphatic rings. The molecule has 0 saturated heterocycles. The van der Waals surface area contributed by atoms with E-state index in [9.17, 15) is 0 Å². The first-order valence-electron chi connectivity index (χ1n) is 10.4. The standard InChI is InChI=1S/C22H20Cl4N6S2/c1-3-31-19(27-29-21(31)33-11-13-5-7-15(23)17(25)9-13)20-28-30-22(32(20)4-2)34-12-14-6-8-16(24)18(26)10-14/h5-10H,3-4,11-12H2,1-2H3. The zero-order valence-corrected chi connectivity index (χ0v) is 23.0. The number of benzene rings is 2. The Bertz CT molecular complexity index is 1210. The smallest absolute Gasteiger partial charge is 0.202 e. The maximum atomic E-state index is 6.15. The van der Waals surface area contributed by atoms with Gasteiger partial charge in [0, 0.05) is 24.6 Å². The van der Waals surface area contributed by atoms with Gasteiger partial charge >= 0.3 is 0 Å². The molecule has 178 valence electrons. The van der Waals surface area contributed by atoms with Gasteiger partial charge in [0.1, 0.15) is 0 Å². The molecule has 0 spiro atoms. The minimum Gasteiger partial charge on any atom is -0.300 e. The molecule has 4 rings (SSSR count). The lowest BCUT2D eigenvalue weighted by Crippen LogP contribution is -2.06. The van der Waals surface area contributed by atoms with Gasteiger partial charge in [-0.2, -0.15) is 0 Å². The van der Waals surface area contributed by atoms with Crippen LogP contribution in [-0.4, -0.2) is 29.5 Å². The molecule has 0 amide bonds. The Morgan fingerprint density at radius 2 is 1.03 bits per heavy atom. The first-order valence-corrected chi connectivity index (χ1v) is 13.9. The number of nitrogens with zero attached hydrogens (tertiary/aromatic N) is 6. The highest BCUT2D eigenvalue weighted by Crippen LogP contribution is 2.31. The van der Waals surface area contributed by atoms with Crippen LogP contribution in [0.4, 0.5) is 0 Å². The number of thioether (sulfide) groups is 2. The fourth-order valence-electron chi connectivity index (χ4n) is 3.25. The molecule has 0 radical (unpaired) electrons. The third-order valence-electron chi connectivity index (χ3n) is 4.97. The average Bonchev–Trinajstić information content (AvgIpc) is 3.43. The van der Waals surface area contributed by atoms with Crippen LogP contribution in [0.25, 0.3) is 11.6 Å². The molecule has 12 heteroatoms. The van der Waals surface area contributed by atoms with Crippen molar-refractivity contribution in [3.05, 3.63) is 67.6 Å². The summed E-state index contributed by atoms with van der Waals surface area (Å²) >= 11 is 27.5. The van der Waals surface area contributed by atoms with Crippen molar-refractivity contribution < 1.29 is 0 Å². The third kappa shape index (κ3) is 5.69. The van der Waals surface area contributed by atoms with Crippen molar-refractivity contribution in [1.82, 2.24) is 29.5 Å². The summed E-state index contributed by atoms with van der Waals surface area (Å²) in [6, 6.07) is 11.3. The SMILES string of the molecule is CCn1c(SCc2ccc(Cl)c(Cl)c2)nnc1-c1nnc(SCc2ccc(Cl)c(Cl)c2)n1CC. The molecule has 2 aromatic heterocycles. The van der Waals surface area contributed by atoms with Crippen LogP contribution in [0.3, 0.4) is 0 Å². The van der Waals surface area contributed by atoms with Crippen LogP contribution in [0.15, 0.2) is 46.7 Å². The molecule has 4 aromatic rings. The molecule has 0 unspecified atom stereocenters. The van der Waals surface area contributed by atoms with Gasteiger partial charge in [-0.05, 0) is 49.2 Å². The van der Waals surface area contributed by atoms with Gasteiger partial charge in [0.2, 0.25) is 11.6 Å². The molecule has 0 saturated carbocycles. The van der Waals surface area contributed by atoms with Crippen LogP contribution < -0.4 is 0 Å². The topological polar surface area (TPSA) is 61.4 Å². The lowest BCUT2D eigenvalue weighted by molar-refractivity contribution is 0.658. The van der Waals surface area contributed by atoms with Gasteiger partial charge in [-0.1, -0.05) is 82.1 Å². The van der Waals surface area contributed by atoms with Crippen molar-refractivity contribution in [2.45, 2.75) is 48.8 Å². The molecule has 0 N–H and O–H groups in total. The second-order valence-corrected chi connectivity index (χ2v) is 10.7. The fraction of sp³-hybridized carbons (Fsp3) is 0.273. The Labute approximate surface area is 226 Å². The van der Waals surface area contributed by atoms with E-state index in [1.165, 1.54) is 0 Å². The number of hydrogen-bond donors (Lipinski definition) is 0. The molecule has 0 bridgehead atoms. The highest BCUT2D eigenvalue weighted by molar-refractivity contribution is 7.98. The Balaban J connectivity index is 1.53. The largest absolute Gasteiger partial charge is 0.300 e. The molecule has 0 fully saturated rings. The minimum atomic E-state index is 0.541. The predicted molar refractivity (Wildman–Crippen MR) is 142 cm³/mol. The maximum absolute atomic E-state index is 6.15. The van der Waals surface area contributed by atoms with Gasteiger partial charge in [-0.15, -0.1) is 20.4 Å². The van der Waals surface area contributed by atoms with Gasteiger partial charge in [-0.3, -0.25) is 9.13 Å². The van der Waals surface area contributed by atoms with Crippen molar-refractivity contribution >= 4 is 69.9 Å². The minimum absolute atomic E-state index is 0.541. The zero-order chi connectivity index (χ0) is 24.2. The van der Waals surface area contributed by atoms with Crippen molar-refractivity contribution in [3.8, 4) is 11.6 Å². The van der Waals surface area contributed by atoms with E-state index in [-0.39, 0.29) is 0 Å².